The van der Waals surface area contributed by atoms with E-state index >= 15 is 0 Å². The SMILES string of the molecule is COCC(C=O)N(C(=O)OC(C)(C)C)[C@@H]1C[C@H](C)CN(c2ccc(C(F)(F)F)c3ncccc23)C1. The van der Waals surface area contributed by atoms with E-state index in [2.05, 4.69) is 4.98 Å². The smallest absolute Gasteiger partial charge is 0.418 e. The second-order valence-corrected chi connectivity index (χ2v) is 9.98. The fourth-order valence-electron chi connectivity index (χ4n) is 4.60. The van der Waals surface area contributed by atoms with Gasteiger partial charge in [0, 0.05) is 37.5 Å². The molecule has 2 aromatic rings. The maximum atomic E-state index is 13.6. The summed E-state index contributed by atoms with van der Waals surface area (Å²) < 4.78 is 51.5. The number of aromatic nitrogens is 1. The Morgan fingerprint density at radius 3 is 2.57 bits per heavy atom. The number of carbonyl (C=O) groups excluding carboxylic acids is 2. The van der Waals surface area contributed by atoms with Crippen LogP contribution in [0.25, 0.3) is 10.9 Å². The van der Waals surface area contributed by atoms with E-state index in [0.29, 0.717) is 36.9 Å². The molecule has 0 saturated carbocycles. The molecule has 35 heavy (non-hydrogen) atoms. The first-order valence-electron chi connectivity index (χ1n) is 11.5. The maximum Gasteiger partial charge on any atom is 0.418 e. The van der Waals surface area contributed by atoms with Gasteiger partial charge in [0.2, 0.25) is 0 Å². The number of piperidine rings is 1. The van der Waals surface area contributed by atoms with E-state index in [4.69, 9.17) is 9.47 Å². The molecule has 0 spiro atoms. The minimum absolute atomic E-state index is 0.000748. The van der Waals surface area contributed by atoms with Crippen molar-refractivity contribution in [2.75, 3.05) is 31.7 Å². The molecule has 1 saturated heterocycles. The van der Waals surface area contributed by atoms with E-state index in [9.17, 15) is 22.8 Å². The zero-order valence-electron chi connectivity index (χ0n) is 20.6. The number of amides is 1. The summed E-state index contributed by atoms with van der Waals surface area (Å²) in [5, 5.41) is 0.378. The molecule has 1 aromatic carbocycles. The number of benzene rings is 1. The highest BCUT2D eigenvalue weighted by molar-refractivity contribution is 5.94. The molecule has 7 nitrogen and oxygen atoms in total. The van der Waals surface area contributed by atoms with E-state index in [0.717, 1.165) is 6.07 Å². The third-order valence-electron chi connectivity index (χ3n) is 5.88. The summed E-state index contributed by atoms with van der Waals surface area (Å²) in [5.41, 5.74) is -1.10. The van der Waals surface area contributed by atoms with Crippen LogP contribution in [0.3, 0.4) is 0 Å². The summed E-state index contributed by atoms with van der Waals surface area (Å²) in [6.45, 7) is 8.12. The molecule has 0 aliphatic carbocycles. The van der Waals surface area contributed by atoms with Crippen molar-refractivity contribution in [1.29, 1.82) is 0 Å². The van der Waals surface area contributed by atoms with Crippen LogP contribution in [0.15, 0.2) is 30.5 Å². The highest BCUT2D eigenvalue weighted by Crippen LogP contribution is 2.39. The van der Waals surface area contributed by atoms with Gasteiger partial charge in [-0.05, 0) is 57.4 Å². The van der Waals surface area contributed by atoms with E-state index in [-0.39, 0.29) is 18.0 Å². The number of fused-ring (bicyclic) bond motifs is 1. The Morgan fingerprint density at radius 1 is 1.26 bits per heavy atom. The quantitative estimate of drug-likeness (QED) is 0.530. The number of carbonyl (C=O) groups is 2. The summed E-state index contributed by atoms with van der Waals surface area (Å²) in [7, 11) is 1.45. The first kappa shape index (κ1) is 26.7. The molecule has 3 atom stereocenters. The van der Waals surface area contributed by atoms with Crippen LogP contribution in [0.1, 0.15) is 39.7 Å². The van der Waals surface area contributed by atoms with Crippen LogP contribution in [0.5, 0.6) is 0 Å². The zero-order chi connectivity index (χ0) is 26.0. The number of ether oxygens (including phenoxy) is 2. The lowest BCUT2D eigenvalue weighted by Crippen LogP contribution is -2.58. The third-order valence-corrected chi connectivity index (χ3v) is 5.88. The molecule has 1 fully saturated rings. The number of anilines is 1. The first-order valence-corrected chi connectivity index (χ1v) is 11.5. The highest BCUT2D eigenvalue weighted by Gasteiger charge is 2.39. The molecule has 0 N–H and O–H groups in total. The fourth-order valence-corrected chi connectivity index (χ4v) is 4.60. The normalized spacial score (nSPS) is 19.9. The number of halogens is 3. The van der Waals surface area contributed by atoms with Crippen molar-refractivity contribution in [3.63, 3.8) is 0 Å². The molecule has 1 unspecified atom stereocenters. The average molecular weight is 496 g/mol. The van der Waals surface area contributed by atoms with E-state index in [1.54, 1.807) is 32.9 Å². The molecule has 1 amide bonds. The van der Waals surface area contributed by atoms with Crippen molar-refractivity contribution in [3.05, 3.63) is 36.0 Å². The number of hydrogen-bond acceptors (Lipinski definition) is 6. The second kappa shape index (κ2) is 10.4. The van der Waals surface area contributed by atoms with Gasteiger partial charge >= 0.3 is 12.3 Å². The maximum absolute atomic E-state index is 13.6. The predicted octanol–water partition coefficient (Wildman–Crippen LogP) is 4.92. The van der Waals surface area contributed by atoms with Gasteiger partial charge in [0.15, 0.2) is 0 Å². The van der Waals surface area contributed by atoms with Gasteiger partial charge in [-0.1, -0.05) is 6.92 Å². The van der Waals surface area contributed by atoms with Crippen LogP contribution in [-0.2, 0) is 20.4 Å². The van der Waals surface area contributed by atoms with Crippen LogP contribution in [-0.4, -0.2) is 66.8 Å². The molecular formula is C25H32F3N3O4. The Kier molecular flexibility index (Phi) is 7.93. The number of methoxy groups -OCH3 is 1. The second-order valence-electron chi connectivity index (χ2n) is 9.98. The third kappa shape index (κ3) is 6.22. The van der Waals surface area contributed by atoms with Gasteiger partial charge in [0.25, 0.3) is 0 Å². The van der Waals surface area contributed by atoms with Crippen LogP contribution < -0.4 is 4.90 Å². The van der Waals surface area contributed by atoms with Gasteiger partial charge in [-0.25, -0.2) is 4.79 Å². The van der Waals surface area contributed by atoms with Gasteiger partial charge in [-0.3, -0.25) is 9.88 Å². The zero-order valence-corrected chi connectivity index (χ0v) is 20.6. The molecule has 1 aromatic heterocycles. The number of alkyl halides is 3. The number of hydrogen-bond donors (Lipinski definition) is 0. The number of aldehydes is 1. The van der Waals surface area contributed by atoms with E-state index in [1.807, 2.05) is 11.8 Å². The Hall–Kier alpha value is -2.88. The summed E-state index contributed by atoms with van der Waals surface area (Å²) in [5.74, 6) is 0.0857. The van der Waals surface area contributed by atoms with Gasteiger partial charge in [0.05, 0.1) is 23.7 Å². The predicted molar refractivity (Wildman–Crippen MR) is 126 cm³/mol. The number of pyridine rings is 1. The lowest BCUT2D eigenvalue weighted by molar-refractivity contribution is -0.136. The minimum atomic E-state index is -4.53. The van der Waals surface area contributed by atoms with Crippen molar-refractivity contribution in [1.82, 2.24) is 9.88 Å². The molecule has 3 rings (SSSR count). The van der Waals surface area contributed by atoms with Crippen LogP contribution in [0.2, 0.25) is 0 Å². The number of nitrogens with zero attached hydrogens (tertiary/aromatic N) is 3. The van der Waals surface area contributed by atoms with Gasteiger partial charge in [0.1, 0.15) is 17.9 Å². The summed E-state index contributed by atoms with van der Waals surface area (Å²) >= 11 is 0. The average Bonchev–Trinajstić information content (AvgIpc) is 2.75. The van der Waals surface area contributed by atoms with Gasteiger partial charge in [-0.15, -0.1) is 0 Å². The first-order chi connectivity index (χ1) is 16.4. The number of rotatable bonds is 6. The monoisotopic (exact) mass is 495 g/mol. The topological polar surface area (TPSA) is 72.0 Å². The Labute approximate surface area is 203 Å². The Balaban J connectivity index is 2.02. The molecule has 10 heteroatoms. The molecule has 0 radical (unpaired) electrons. The molecule has 1 aliphatic rings. The lowest BCUT2D eigenvalue weighted by atomic mass is 9.93. The lowest BCUT2D eigenvalue weighted by Gasteiger charge is -2.44. The standard InChI is InChI=1S/C25H32F3N3O4/c1-16-11-17(31(18(14-32)15-34-5)23(33)35-24(2,3)4)13-30(12-16)21-9-8-20(25(26,27)28)22-19(21)7-6-10-29-22/h6-10,14,16-18H,11-13,15H2,1-5H3/t16-,17+,18?/m0/s1. The van der Waals surface area contributed by atoms with Crippen molar-refractivity contribution in [2.24, 2.45) is 5.92 Å². The molecule has 192 valence electrons. The van der Waals surface area contributed by atoms with Crippen molar-refractivity contribution in [3.8, 4) is 0 Å². The summed E-state index contributed by atoms with van der Waals surface area (Å²) in [6, 6.07) is 4.43. The fraction of sp³-hybridized carbons (Fsp3) is 0.560. The molecule has 0 bridgehead atoms. The van der Waals surface area contributed by atoms with E-state index < -0.39 is 35.5 Å². The largest absolute Gasteiger partial charge is 0.444 e. The Bertz CT molecular complexity index is 1050. The molecular weight excluding hydrogens is 463 g/mol. The minimum Gasteiger partial charge on any atom is -0.444 e. The molecule has 1 aliphatic heterocycles. The molecule has 2 heterocycles. The van der Waals surface area contributed by atoms with Crippen molar-refractivity contribution >= 4 is 29.0 Å². The van der Waals surface area contributed by atoms with E-state index in [1.165, 1.54) is 24.3 Å². The highest BCUT2D eigenvalue weighted by atomic mass is 19.4. The van der Waals surface area contributed by atoms with Crippen molar-refractivity contribution < 1.29 is 32.2 Å². The van der Waals surface area contributed by atoms with Crippen LogP contribution in [0.4, 0.5) is 23.7 Å². The van der Waals surface area contributed by atoms with Gasteiger partial charge < -0.3 is 19.2 Å². The Morgan fingerprint density at radius 2 is 1.97 bits per heavy atom. The van der Waals surface area contributed by atoms with Crippen LogP contribution in [0, 0.1) is 5.92 Å². The summed E-state index contributed by atoms with van der Waals surface area (Å²) in [4.78, 5) is 32.5. The van der Waals surface area contributed by atoms with Crippen LogP contribution >= 0.6 is 0 Å². The van der Waals surface area contributed by atoms with Gasteiger partial charge in [-0.2, -0.15) is 13.2 Å². The summed E-state index contributed by atoms with van der Waals surface area (Å²) in [6.07, 6.45) is -2.57. The van der Waals surface area contributed by atoms with Crippen molar-refractivity contribution in [2.45, 2.75) is 58.0 Å².